The Morgan fingerprint density at radius 1 is 1.15 bits per heavy atom. The van der Waals surface area contributed by atoms with Gasteiger partial charge in [-0.1, -0.05) is 30.3 Å². The summed E-state index contributed by atoms with van der Waals surface area (Å²) in [6.07, 6.45) is 2.28. The third-order valence-corrected chi connectivity index (χ3v) is 5.13. The first kappa shape index (κ1) is 18.4. The van der Waals surface area contributed by atoms with E-state index in [-0.39, 0.29) is 5.91 Å². The molecule has 1 aliphatic rings. The average Bonchev–Trinajstić information content (AvgIpc) is 3.16. The second-order valence-corrected chi connectivity index (χ2v) is 7.03. The number of carbonyl (C=O) groups excluding carboxylic acids is 2. The summed E-state index contributed by atoms with van der Waals surface area (Å²) < 4.78 is 10.4. The van der Waals surface area contributed by atoms with Gasteiger partial charge in [-0.2, -0.15) is 0 Å². The van der Waals surface area contributed by atoms with Gasteiger partial charge in [-0.3, -0.25) is 4.79 Å². The zero-order valence-corrected chi connectivity index (χ0v) is 15.4. The Morgan fingerprint density at radius 3 is 2.62 bits per heavy atom. The van der Waals surface area contributed by atoms with Crippen LogP contribution in [-0.4, -0.2) is 49.2 Å². The molecule has 1 atom stereocenters. The summed E-state index contributed by atoms with van der Waals surface area (Å²) >= 11 is 1.59. The summed E-state index contributed by atoms with van der Waals surface area (Å²) in [6, 6.07) is 14.0. The largest absolute Gasteiger partial charge is 0.449 e. The molecule has 1 fully saturated rings. The molecule has 1 aliphatic heterocycles. The zero-order valence-electron chi connectivity index (χ0n) is 14.6. The van der Waals surface area contributed by atoms with E-state index < -0.39 is 12.1 Å². The number of benzene rings is 1. The Balaban J connectivity index is 1.54. The third-order valence-electron chi connectivity index (χ3n) is 4.03. The standard InChI is InChI=1S/C20H21NO4S/c1-15(20(23)21-11-13-24-14-12-21)25-19(22)10-8-17-7-9-18(26-17)16-5-3-2-4-6-16/h2-10,15H,11-14H2,1H3/b10-8+. The molecule has 1 amide bonds. The van der Waals surface area contributed by atoms with Gasteiger partial charge in [-0.15, -0.1) is 11.3 Å². The van der Waals surface area contributed by atoms with Crippen molar-refractivity contribution in [3.63, 3.8) is 0 Å². The fourth-order valence-corrected chi connectivity index (χ4v) is 3.57. The van der Waals surface area contributed by atoms with Crippen molar-refractivity contribution >= 4 is 29.3 Å². The topological polar surface area (TPSA) is 55.8 Å². The van der Waals surface area contributed by atoms with Crippen LogP contribution in [0.4, 0.5) is 0 Å². The number of hydrogen-bond donors (Lipinski definition) is 0. The molecule has 2 heterocycles. The zero-order chi connectivity index (χ0) is 18.4. The fourth-order valence-electron chi connectivity index (χ4n) is 2.65. The number of morpholine rings is 1. The molecule has 5 nitrogen and oxygen atoms in total. The number of ether oxygens (including phenoxy) is 2. The molecule has 0 N–H and O–H groups in total. The van der Waals surface area contributed by atoms with Gasteiger partial charge in [0.15, 0.2) is 6.10 Å². The second kappa shape index (κ2) is 8.78. The monoisotopic (exact) mass is 371 g/mol. The minimum absolute atomic E-state index is 0.183. The van der Waals surface area contributed by atoms with Crippen LogP contribution in [0.25, 0.3) is 16.5 Å². The lowest BCUT2D eigenvalue weighted by molar-refractivity contribution is -0.157. The number of rotatable bonds is 5. The maximum Gasteiger partial charge on any atom is 0.331 e. The Kier molecular flexibility index (Phi) is 6.20. The van der Waals surface area contributed by atoms with E-state index >= 15 is 0 Å². The molecule has 0 saturated carbocycles. The van der Waals surface area contributed by atoms with Crippen molar-refractivity contribution in [1.82, 2.24) is 4.90 Å². The van der Waals surface area contributed by atoms with Gasteiger partial charge in [-0.25, -0.2) is 4.79 Å². The van der Waals surface area contributed by atoms with Crippen LogP contribution < -0.4 is 0 Å². The molecular weight excluding hydrogens is 350 g/mol. The number of thiophene rings is 1. The van der Waals surface area contributed by atoms with Gasteiger partial charge < -0.3 is 14.4 Å². The summed E-state index contributed by atoms with van der Waals surface area (Å²) in [5, 5.41) is 0. The summed E-state index contributed by atoms with van der Waals surface area (Å²) in [6.45, 7) is 3.72. The van der Waals surface area contributed by atoms with Gasteiger partial charge in [-0.05, 0) is 30.7 Å². The molecule has 1 aromatic heterocycles. The van der Waals surface area contributed by atoms with Crippen LogP contribution in [0.3, 0.4) is 0 Å². The van der Waals surface area contributed by atoms with Crippen molar-refractivity contribution < 1.29 is 19.1 Å². The van der Waals surface area contributed by atoms with Gasteiger partial charge in [0.2, 0.25) is 0 Å². The molecule has 0 bridgehead atoms. The average molecular weight is 371 g/mol. The van der Waals surface area contributed by atoms with Crippen molar-refractivity contribution in [3.05, 3.63) is 53.4 Å². The van der Waals surface area contributed by atoms with E-state index in [9.17, 15) is 9.59 Å². The van der Waals surface area contributed by atoms with Crippen LogP contribution in [0.2, 0.25) is 0 Å². The molecule has 136 valence electrons. The van der Waals surface area contributed by atoms with Crippen molar-refractivity contribution in [3.8, 4) is 10.4 Å². The van der Waals surface area contributed by atoms with E-state index in [4.69, 9.17) is 9.47 Å². The normalized spacial score (nSPS) is 15.8. The maximum atomic E-state index is 12.2. The van der Waals surface area contributed by atoms with Crippen molar-refractivity contribution in [2.24, 2.45) is 0 Å². The Bertz CT molecular complexity index is 778. The molecule has 26 heavy (non-hydrogen) atoms. The van der Waals surface area contributed by atoms with E-state index in [2.05, 4.69) is 0 Å². The van der Waals surface area contributed by atoms with Crippen LogP contribution in [0.5, 0.6) is 0 Å². The lowest BCUT2D eigenvalue weighted by atomic mass is 10.2. The Hall–Kier alpha value is -2.44. The van der Waals surface area contributed by atoms with Crippen molar-refractivity contribution in [2.45, 2.75) is 13.0 Å². The molecule has 0 aliphatic carbocycles. The smallest absolute Gasteiger partial charge is 0.331 e. The first-order valence-corrected chi connectivity index (χ1v) is 9.35. The number of esters is 1. The molecule has 1 saturated heterocycles. The SMILES string of the molecule is CC(OC(=O)/C=C/c1ccc(-c2ccccc2)s1)C(=O)N1CCOCC1. The molecule has 0 spiro atoms. The van der Waals surface area contributed by atoms with Gasteiger partial charge >= 0.3 is 5.97 Å². The predicted octanol–water partition coefficient (Wildman–Crippen LogP) is 3.22. The number of hydrogen-bond acceptors (Lipinski definition) is 5. The van der Waals surface area contributed by atoms with E-state index in [1.54, 1.807) is 29.2 Å². The van der Waals surface area contributed by atoms with E-state index in [0.29, 0.717) is 26.3 Å². The molecule has 6 heteroatoms. The lowest BCUT2D eigenvalue weighted by Gasteiger charge is -2.28. The molecule has 3 rings (SSSR count). The third kappa shape index (κ3) is 4.80. The lowest BCUT2D eigenvalue weighted by Crippen LogP contribution is -2.45. The highest BCUT2D eigenvalue weighted by Gasteiger charge is 2.24. The highest BCUT2D eigenvalue weighted by molar-refractivity contribution is 7.16. The quantitative estimate of drug-likeness (QED) is 0.598. The van der Waals surface area contributed by atoms with Gasteiger partial charge in [0, 0.05) is 28.9 Å². The summed E-state index contributed by atoms with van der Waals surface area (Å²) in [5.74, 6) is -0.702. The van der Waals surface area contributed by atoms with Crippen LogP contribution >= 0.6 is 11.3 Å². The van der Waals surface area contributed by atoms with Crippen LogP contribution in [0.15, 0.2) is 48.5 Å². The van der Waals surface area contributed by atoms with Crippen LogP contribution in [0.1, 0.15) is 11.8 Å². The van der Waals surface area contributed by atoms with Crippen LogP contribution in [0, 0.1) is 0 Å². The Labute approximate surface area is 156 Å². The van der Waals surface area contributed by atoms with Crippen molar-refractivity contribution in [2.75, 3.05) is 26.3 Å². The van der Waals surface area contributed by atoms with E-state index in [1.807, 2.05) is 42.5 Å². The summed E-state index contributed by atoms with van der Waals surface area (Å²) in [7, 11) is 0. The van der Waals surface area contributed by atoms with E-state index in [1.165, 1.54) is 6.08 Å². The highest BCUT2D eigenvalue weighted by atomic mass is 32.1. The van der Waals surface area contributed by atoms with Gasteiger partial charge in [0.25, 0.3) is 5.91 Å². The Morgan fingerprint density at radius 2 is 1.88 bits per heavy atom. The highest BCUT2D eigenvalue weighted by Crippen LogP contribution is 2.28. The number of carbonyl (C=O) groups is 2. The van der Waals surface area contributed by atoms with Crippen molar-refractivity contribution in [1.29, 1.82) is 0 Å². The predicted molar refractivity (Wildman–Crippen MR) is 102 cm³/mol. The molecule has 2 aromatic rings. The summed E-state index contributed by atoms with van der Waals surface area (Å²) in [5.41, 5.74) is 1.14. The second-order valence-electron chi connectivity index (χ2n) is 5.92. The molecular formula is C20H21NO4S. The molecule has 1 unspecified atom stereocenters. The molecule has 0 radical (unpaired) electrons. The van der Waals surface area contributed by atoms with Gasteiger partial charge in [0.1, 0.15) is 0 Å². The van der Waals surface area contributed by atoms with Gasteiger partial charge in [0.05, 0.1) is 13.2 Å². The number of nitrogens with zero attached hydrogens (tertiary/aromatic N) is 1. The van der Waals surface area contributed by atoms with Crippen LogP contribution in [-0.2, 0) is 19.1 Å². The fraction of sp³-hybridized carbons (Fsp3) is 0.300. The minimum Gasteiger partial charge on any atom is -0.449 e. The number of amides is 1. The van der Waals surface area contributed by atoms with E-state index in [0.717, 1.165) is 15.3 Å². The minimum atomic E-state index is -0.798. The maximum absolute atomic E-state index is 12.2. The molecule has 1 aromatic carbocycles. The first-order chi connectivity index (χ1) is 12.6. The summed E-state index contributed by atoms with van der Waals surface area (Å²) in [4.78, 5) is 28.0. The first-order valence-electron chi connectivity index (χ1n) is 8.54.